The summed E-state index contributed by atoms with van der Waals surface area (Å²) in [4.78, 5) is 15.8. The Kier molecular flexibility index (Phi) is 4.03. The van der Waals surface area contributed by atoms with Crippen LogP contribution in [0.25, 0.3) is 0 Å². The summed E-state index contributed by atoms with van der Waals surface area (Å²) < 4.78 is 0. The Hall–Kier alpha value is -1.00. The first-order valence-electron chi connectivity index (χ1n) is 7.41. The van der Waals surface area contributed by atoms with Gasteiger partial charge in [-0.1, -0.05) is 6.42 Å². The number of benzene rings is 1. The van der Waals surface area contributed by atoms with E-state index in [1.807, 2.05) is 29.2 Å². The molecule has 1 aromatic rings. The van der Waals surface area contributed by atoms with Crippen molar-refractivity contribution in [3.8, 4) is 0 Å². The standard InChI is InChI=1S/C16H22N2OS/c1-20-14-6-4-13(5-7-14)15(19)18-11-9-16(12-18)8-2-3-10-17-16/h4-7,17H,2-3,8-12H2,1H3. The molecular formula is C16H22N2OS. The van der Waals surface area contributed by atoms with Crippen LogP contribution in [0.4, 0.5) is 0 Å². The molecule has 0 radical (unpaired) electrons. The number of amides is 1. The van der Waals surface area contributed by atoms with Crippen LogP contribution in [0.15, 0.2) is 29.2 Å². The molecule has 1 atom stereocenters. The number of carbonyl (C=O) groups excluding carboxylic acids is 1. The highest BCUT2D eigenvalue weighted by Gasteiger charge is 2.40. The highest BCUT2D eigenvalue weighted by atomic mass is 32.2. The Bertz CT molecular complexity index is 480. The Morgan fingerprint density at radius 2 is 2.05 bits per heavy atom. The third kappa shape index (κ3) is 2.72. The normalized spacial score (nSPS) is 26.1. The van der Waals surface area contributed by atoms with Crippen molar-refractivity contribution in [3.05, 3.63) is 29.8 Å². The van der Waals surface area contributed by atoms with E-state index in [0.29, 0.717) is 0 Å². The highest BCUT2D eigenvalue weighted by molar-refractivity contribution is 7.98. The van der Waals surface area contributed by atoms with Crippen LogP contribution >= 0.6 is 11.8 Å². The van der Waals surface area contributed by atoms with E-state index in [-0.39, 0.29) is 11.4 Å². The van der Waals surface area contributed by atoms with E-state index in [2.05, 4.69) is 11.6 Å². The summed E-state index contributed by atoms with van der Waals surface area (Å²) in [5.41, 5.74) is 1.02. The fraction of sp³-hybridized carbons (Fsp3) is 0.562. The van der Waals surface area contributed by atoms with E-state index in [4.69, 9.17) is 0 Å². The summed E-state index contributed by atoms with van der Waals surface area (Å²) in [6, 6.07) is 7.96. The number of rotatable bonds is 2. The molecule has 0 bridgehead atoms. The Morgan fingerprint density at radius 1 is 1.25 bits per heavy atom. The van der Waals surface area contributed by atoms with E-state index in [1.54, 1.807) is 11.8 Å². The molecule has 1 unspecified atom stereocenters. The van der Waals surface area contributed by atoms with Crippen molar-refractivity contribution in [1.29, 1.82) is 0 Å². The zero-order valence-corrected chi connectivity index (χ0v) is 12.8. The quantitative estimate of drug-likeness (QED) is 0.850. The van der Waals surface area contributed by atoms with Crippen molar-refractivity contribution in [2.24, 2.45) is 0 Å². The first kappa shape index (κ1) is 14.0. The van der Waals surface area contributed by atoms with Crippen molar-refractivity contribution >= 4 is 17.7 Å². The lowest BCUT2D eigenvalue weighted by atomic mass is 9.88. The van der Waals surface area contributed by atoms with Gasteiger partial charge in [-0.15, -0.1) is 11.8 Å². The zero-order chi connectivity index (χ0) is 14.0. The van der Waals surface area contributed by atoms with Gasteiger partial charge in [0.1, 0.15) is 0 Å². The van der Waals surface area contributed by atoms with Gasteiger partial charge >= 0.3 is 0 Å². The molecule has 0 saturated carbocycles. The van der Waals surface area contributed by atoms with Gasteiger partial charge in [-0.2, -0.15) is 0 Å². The second-order valence-electron chi connectivity index (χ2n) is 5.87. The molecule has 0 aromatic heterocycles. The van der Waals surface area contributed by atoms with Gasteiger partial charge in [0.25, 0.3) is 5.91 Å². The van der Waals surface area contributed by atoms with Crippen LogP contribution in [0.3, 0.4) is 0 Å². The zero-order valence-electron chi connectivity index (χ0n) is 12.0. The minimum absolute atomic E-state index is 0.182. The molecule has 20 heavy (non-hydrogen) atoms. The number of piperidine rings is 1. The number of hydrogen-bond acceptors (Lipinski definition) is 3. The minimum atomic E-state index is 0.182. The van der Waals surface area contributed by atoms with E-state index < -0.39 is 0 Å². The monoisotopic (exact) mass is 290 g/mol. The minimum Gasteiger partial charge on any atom is -0.337 e. The van der Waals surface area contributed by atoms with E-state index in [0.717, 1.165) is 31.6 Å². The van der Waals surface area contributed by atoms with Gasteiger partial charge in [-0.25, -0.2) is 0 Å². The molecule has 3 nitrogen and oxygen atoms in total. The largest absolute Gasteiger partial charge is 0.337 e. The SMILES string of the molecule is CSc1ccc(C(=O)N2CCC3(CCCCN3)C2)cc1. The Morgan fingerprint density at radius 3 is 2.70 bits per heavy atom. The summed E-state index contributed by atoms with van der Waals surface area (Å²) in [7, 11) is 0. The smallest absolute Gasteiger partial charge is 0.253 e. The van der Waals surface area contributed by atoms with Gasteiger partial charge in [-0.3, -0.25) is 4.79 Å². The maximum Gasteiger partial charge on any atom is 0.253 e. The fourth-order valence-electron chi connectivity index (χ4n) is 3.34. The van der Waals surface area contributed by atoms with Gasteiger partial charge in [0.05, 0.1) is 0 Å². The van der Waals surface area contributed by atoms with Gasteiger partial charge in [0.15, 0.2) is 0 Å². The number of likely N-dealkylation sites (tertiary alicyclic amines) is 1. The van der Waals surface area contributed by atoms with Crippen LogP contribution in [0.2, 0.25) is 0 Å². The molecule has 4 heteroatoms. The third-order valence-electron chi connectivity index (χ3n) is 4.56. The van der Waals surface area contributed by atoms with Gasteiger partial charge in [-0.05, 0) is 56.3 Å². The van der Waals surface area contributed by atoms with Crippen LogP contribution in [0.5, 0.6) is 0 Å². The van der Waals surface area contributed by atoms with Gasteiger partial charge < -0.3 is 10.2 Å². The lowest BCUT2D eigenvalue weighted by Crippen LogP contribution is -2.50. The van der Waals surface area contributed by atoms with E-state index in [9.17, 15) is 4.79 Å². The van der Waals surface area contributed by atoms with Crippen molar-refractivity contribution in [2.45, 2.75) is 36.1 Å². The van der Waals surface area contributed by atoms with Gasteiger partial charge in [0, 0.05) is 29.1 Å². The average Bonchev–Trinajstić information content (AvgIpc) is 2.91. The van der Waals surface area contributed by atoms with Crippen LogP contribution < -0.4 is 5.32 Å². The second kappa shape index (κ2) is 5.78. The Labute approximate surface area is 125 Å². The number of thioether (sulfide) groups is 1. The van der Waals surface area contributed by atoms with Crippen molar-refractivity contribution in [3.63, 3.8) is 0 Å². The molecule has 1 aromatic carbocycles. The lowest BCUT2D eigenvalue weighted by molar-refractivity contribution is 0.0775. The average molecular weight is 290 g/mol. The van der Waals surface area contributed by atoms with Gasteiger partial charge in [0.2, 0.25) is 0 Å². The second-order valence-corrected chi connectivity index (χ2v) is 6.75. The number of nitrogens with zero attached hydrogens (tertiary/aromatic N) is 1. The van der Waals surface area contributed by atoms with Crippen LogP contribution in [0.1, 0.15) is 36.0 Å². The molecular weight excluding hydrogens is 268 g/mol. The van der Waals surface area contributed by atoms with Crippen LogP contribution in [-0.2, 0) is 0 Å². The first-order chi connectivity index (χ1) is 9.72. The van der Waals surface area contributed by atoms with E-state index in [1.165, 1.54) is 24.2 Å². The molecule has 1 spiro atoms. The van der Waals surface area contributed by atoms with Crippen molar-refractivity contribution < 1.29 is 4.79 Å². The maximum absolute atomic E-state index is 12.6. The molecule has 0 aliphatic carbocycles. The highest BCUT2D eigenvalue weighted by Crippen LogP contribution is 2.30. The predicted octanol–water partition coefficient (Wildman–Crippen LogP) is 2.77. The summed E-state index contributed by atoms with van der Waals surface area (Å²) in [5.74, 6) is 0.182. The molecule has 2 fully saturated rings. The first-order valence-corrected chi connectivity index (χ1v) is 8.63. The van der Waals surface area contributed by atoms with Crippen LogP contribution in [-0.4, -0.2) is 42.2 Å². The van der Waals surface area contributed by atoms with E-state index >= 15 is 0 Å². The molecule has 1 N–H and O–H groups in total. The molecule has 2 aliphatic heterocycles. The summed E-state index contributed by atoms with van der Waals surface area (Å²) in [5, 5.41) is 3.65. The summed E-state index contributed by atoms with van der Waals surface area (Å²) >= 11 is 1.70. The third-order valence-corrected chi connectivity index (χ3v) is 5.30. The van der Waals surface area contributed by atoms with Crippen molar-refractivity contribution in [1.82, 2.24) is 10.2 Å². The molecule has 2 saturated heterocycles. The molecule has 108 valence electrons. The lowest BCUT2D eigenvalue weighted by Gasteiger charge is -2.34. The fourth-order valence-corrected chi connectivity index (χ4v) is 3.75. The topological polar surface area (TPSA) is 32.3 Å². The molecule has 1 amide bonds. The number of nitrogens with one attached hydrogen (secondary N) is 1. The Balaban J connectivity index is 1.68. The summed E-state index contributed by atoms with van der Waals surface area (Å²) in [6.45, 7) is 2.86. The maximum atomic E-state index is 12.6. The predicted molar refractivity (Wildman–Crippen MR) is 83.3 cm³/mol. The number of carbonyl (C=O) groups is 1. The molecule has 2 heterocycles. The molecule has 2 aliphatic rings. The van der Waals surface area contributed by atoms with Crippen LogP contribution in [0, 0.1) is 0 Å². The summed E-state index contributed by atoms with van der Waals surface area (Å²) in [6.07, 6.45) is 6.92. The van der Waals surface area contributed by atoms with Crippen molar-refractivity contribution in [2.75, 3.05) is 25.9 Å². The number of hydrogen-bond donors (Lipinski definition) is 1. The molecule has 3 rings (SSSR count).